The summed E-state index contributed by atoms with van der Waals surface area (Å²) in [5.74, 6) is 3.59. The summed E-state index contributed by atoms with van der Waals surface area (Å²) in [4.78, 5) is 7.22. The van der Waals surface area contributed by atoms with Crippen LogP contribution in [0, 0.1) is 11.8 Å². The Kier molecular flexibility index (Phi) is 9.61. The van der Waals surface area contributed by atoms with Gasteiger partial charge in [-0.25, -0.2) is 4.99 Å². The average Bonchev–Trinajstić information content (AvgIpc) is 3.22. The van der Waals surface area contributed by atoms with Gasteiger partial charge in [0, 0.05) is 26.2 Å². The van der Waals surface area contributed by atoms with Crippen LogP contribution in [0.25, 0.3) is 0 Å². The van der Waals surface area contributed by atoms with E-state index < -0.39 is 0 Å². The summed E-state index contributed by atoms with van der Waals surface area (Å²) in [5.41, 5.74) is 0. The molecule has 0 aromatic carbocycles. The van der Waals surface area contributed by atoms with Crippen molar-refractivity contribution in [3.05, 3.63) is 12.2 Å². The summed E-state index contributed by atoms with van der Waals surface area (Å²) in [5, 5.41) is 11.6. The molecule has 1 saturated heterocycles. The molecule has 1 aromatic heterocycles. The smallest absolute Gasteiger partial charge is 0.194 e. The molecule has 6 nitrogen and oxygen atoms in total. The van der Waals surface area contributed by atoms with Crippen LogP contribution in [-0.2, 0) is 13.1 Å². The fourth-order valence-corrected chi connectivity index (χ4v) is 3.56. The molecule has 1 N–H and O–H groups in total. The number of halogens is 1. The molecule has 2 rings (SSSR count). The molecule has 138 valence electrons. The van der Waals surface area contributed by atoms with Gasteiger partial charge >= 0.3 is 0 Å². The second-order valence-corrected chi connectivity index (χ2v) is 6.27. The van der Waals surface area contributed by atoms with Crippen molar-refractivity contribution >= 4 is 29.9 Å². The van der Waals surface area contributed by atoms with E-state index in [1.807, 2.05) is 4.57 Å². The zero-order chi connectivity index (χ0) is 16.7. The predicted molar refractivity (Wildman–Crippen MR) is 110 cm³/mol. The lowest BCUT2D eigenvalue weighted by molar-refractivity contribution is 0.319. The Morgan fingerprint density at radius 1 is 1.33 bits per heavy atom. The third kappa shape index (κ3) is 5.32. The molecule has 1 unspecified atom stereocenters. The number of guanidine groups is 1. The Balaban J connectivity index is 0.00000288. The Morgan fingerprint density at radius 2 is 2.08 bits per heavy atom. The Bertz CT molecular complexity index is 497. The number of hydrogen-bond acceptors (Lipinski definition) is 3. The summed E-state index contributed by atoms with van der Waals surface area (Å²) >= 11 is 0. The fraction of sp³-hybridized carbons (Fsp3) is 0.824. The van der Waals surface area contributed by atoms with Gasteiger partial charge in [-0.05, 0) is 32.1 Å². The van der Waals surface area contributed by atoms with Crippen LogP contribution in [0.3, 0.4) is 0 Å². The number of rotatable bonds is 7. The molecule has 0 saturated carbocycles. The van der Waals surface area contributed by atoms with E-state index >= 15 is 0 Å². The Hall–Kier alpha value is -0.860. The first-order chi connectivity index (χ1) is 11.2. The predicted octanol–water partition coefficient (Wildman–Crippen LogP) is 3.14. The second kappa shape index (κ2) is 10.9. The molecule has 1 aliphatic heterocycles. The molecule has 1 aliphatic rings. The van der Waals surface area contributed by atoms with Crippen molar-refractivity contribution in [2.45, 2.75) is 60.0 Å². The SMILES string of the molecule is CCNC(=NCc1nncn1CC)N1CCC(C(CC)CC)C1.I. The minimum absolute atomic E-state index is 0. The molecule has 0 radical (unpaired) electrons. The molecule has 2 heterocycles. The minimum Gasteiger partial charge on any atom is -0.357 e. The van der Waals surface area contributed by atoms with Crippen LogP contribution in [0.1, 0.15) is 52.8 Å². The van der Waals surface area contributed by atoms with Crippen LogP contribution in [-0.4, -0.2) is 45.3 Å². The van der Waals surface area contributed by atoms with Crippen LogP contribution in [0.2, 0.25) is 0 Å². The molecule has 1 atom stereocenters. The molecular formula is C17H33IN6. The molecule has 0 bridgehead atoms. The van der Waals surface area contributed by atoms with Gasteiger partial charge in [0.25, 0.3) is 0 Å². The third-order valence-corrected chi connectivity index (χ3v) is 4.98. The molecule has 0 amide bonds. The van der Waals surface area contributed by atoms with Gasteiger partial charge in [0.2, 0.25) is 0 Å². The molecule has 24 heavy (non-hydrogen) atoms. The zero-order valence-electron chi connectivity index (χ0n) is 15.5. The minimum atomic E-state index is 0. The van der Waals surface area contributed by atoms with Crippen LogP contribution in [0.15, 0.2) is 11.3 Å². The highest BCUT2D eigenvalue weighted by molar-refractivity contribution is 14.0. The van der Waals surface area contributed by atoms with E-state index in [2.05, 4.69) is 48.1 Å². The molecule has 7 heteroatoms. The van der Waals surface area contributed by atoms with Crippen LogP contribution >= 0.6 is 24.0 Å². The monoisotopic (exact) mass is 448 g/mol. The van der Waals surface area contributed by atoms with E-state index in [-0.39, 0.29) is 24.0 Å². The van der Waals surface area contributed by atoms with E-state index in [1.54, 1.807) is 6.33 Å². The lowest BCUT2D eigenvalue weighted by Gasteiger charge is -2.24. The Labute approximate surface area is 163 Å². The molecule has 1 fully saturated rings. The van der Waals surface area contributed by atoms with E-state index in [1.165, 1.54) is 19.3 Å². The number of nitrogens with one attached hydrogen (secondary N) is 1. The summed E-state index contributed by atoms with van der Waals surface area (Å²) in [6.07, 6.45) is 5.61. The van der Waals surface area contributed by atoms with Crippen LogP contribution in [0.5, 0.6) is 0 Å². The highest BCUT2D eigenvalue weighted by atomic mass is 127. The summed E-state index contributed by atoms with van der Waals surface area (Å²) in [6, 6.07) is 0. The summed E-state index contributed by atoms with van der Waals surface area (Å²) in [7, 11) is 0. The van der Waals surface area contributed by atoms with Crippen molar-refractivity contribution in [1.29, 1.82) is 0 Å². The summed E-state index contributed by atoms with van der Waals surface area (Å²) in [6.45, 7) is 13.4. The molecular weight excluding hydrogens is 415 g/mol. The van der Waals surface area contributed by atoms with Crippen molar-refractivity contribution in [2.75, 3.05) is 19.6 Å². The standard InChI is InChI=1S/C17H32N6.HI/c1-5-14(6-2)15-9-10-23(12-15)17(18-7-3)19-11-16-21-20-13-22(16)8-4;/h13-15H,5-12H2,1-4H3,(H,18,19);1H. The highest BCUT2D eigenvalue weighted by Crippen LogP contribution is 2.28. The van der Waals surface area contributed by atoms with E-state index in [9.17, 15) is 0 Å². The normalized spacial score (nSPS) is 18.1. The number of nitrogens with zero attached hydrogens (tertiary/aromatic N) is 5. The third-order valence-electron chi connectivity index (χ3n) is 4.98. The maximum atomic E-state index is 4.80. The van der Waals surface area contributed by atoms with Crippen molar-refractivity contribution in [1.82, 2.24) is 25.0 Å². The molecule has 0 spiro atoms. The van der Waals surface area contributed by atoms with E-state index in [0.717, 1.165) is 49.8 Å². The van der Waals surface area contributed by atoms with Gasteiger partial charge < -0.3 is 14.8 Å². The van der Waals surface area contributed by atoms with Crippen molar-refractivity contribution in [3.63, 3.8) is 0 Å². The highest BCUT2D eigenvalue weighted by Gasteiger charge is 2.29. The van der Waals surface area contributed by atoms with E-state index in [0.29, 0.717) is 6.54 Å². The lowest BCUT2D eigenvalue weighted by atomic mass is 9.87. The van der Waals surface area contributed by atoms with Gasteiger partial charge in [-0.1, -0.05) is 26.7 Å². The van der Waals surface area contributed by atoms with Crippen molar-refractivity contribution in [3.8, 4) is 0 Å². The quantitative estimate of drug-likeness (QED) is 0.396. The molecule has 0 aliphatic carbocycles. The Morgan fingerprint density at radius 3 is 2.71 bits per heavy atom. The number of likely N-dealkylation sites (tertiary alicyclic amines) is 1. The number of hydrogen-bond donors (Lipinski definition) is 1. The first-order valence-corrected chi connectivity index (χ1v) is 9.13. The molecule has 1 aromatic rings. The average molecular weight is 448 g/mol. The van der Waals surface area contributed by atoms with Crippen LogP contribution in [0.4, 0.5) is 0 Å². The van der Waals surface area contributed by atoms with Gasteiger partial charge in [-0.2, -0.15) is 0 Å². The zero-order valence-corrected chi connectivity index (χ0v) is 17.9. The van der Waals surface area contributed by atoms with Crippen molar-refractivity contribution in [2.24, 2.45) is 16.8 Å². The van der Waals surface area contributed by atoms with Crippen molar-refractivity contribution < 1.29 is 0 Å². The maximum absolute atomic E-state index is 4.80. The summed E-state index contributed by atoms with van der Waals surface area (Å²) < 4.78 is 2.05. The van der Waals surface area contributed by atoms with Gasteiger partial charge in [0.05, 0.1) is 0 Å². The largest absolute Gasteiger partial charge is 0.357 e. The number of aryl methyl sites for hydroxylation is 1. The number of aliphatic imine (C=N–C) groups is 1. The lowest BCUT2D eigenvalue weighted by Crippen LogP contribution is -2.40. The number of aromatic nitrogens is 3. The van der Waals surface area contributed by atoms with E-state index in [4.69, 9.17) is 4.99 Å². The topological polar surface area (TPSA) is 58.3 Å². The fourth-order valence-electron chi connectivity index (χ4n) is 3.56. The maximum Gasteiger partial charge on any atom is 0.194 e. The van der Waals surface area contributed by atoms with Gasteiger partial charge in [-0.3, -0.25) is 0 Å². The van der Waals surface area contributed by atoms with Gasteiger partial charge in [0.1, 0.15) is 12.9 Å². The van der Waals surface area contributed by atoms with Gasteiger partial charge in [-0.15, -0.1) is 34.2 Å². The first kappa shape index (κ1) is 21.2. The van der Waals surface area contributed by atoms with Crippen LogP contribution < -0.4 is 5.32 Å². The second-order valence-electron chi connectivity index (χ2n) is 6.27. The first-order valence-electron chi connectivity index (χ1n) is 9.13. The van der Waals surface area contributed by atoms with Gasteiger partial charge in [0.15, 0.2) is 11.8 Å².